The SMILES string of the molecule is c1cc(-c2ccc3ccc4ccccc4c3c2)cc(N(c2ccc(-c3ccccc3-n3c4ccccc4c4ccccc43)cc2)c2ccc(-c3cccc4c3oc3c5ccccc5ccc43)cc2)c1. The Hall–Kier alpha value is -9.18. The predicted octanol–water partition coefficient (Wildman–Crippen LogP) is 18.6. The second kappa shape index (κ2) is 15.7. The minimum atomic E-state index is 0.904. The monoisotopic (exact) mass is 878 g/mol. The molecule has 2 aromatic heterocycles. The molecule has 0 aliphatic rings. The van der Waals surface area contributed by atoms with Gasteiger partial charge >= 0.3 is 0 Å². The highest BCUT2D eigenvalue weighted by molar-refractivity contribution is 6.17. The molecule has 0 aliphatic heterocycles. The van der Waals surface area contributed by atoms with Crippen molar-refractivity contribution in [2.24, 2.45) is 0 Å². The van der Waals surface area contributed by atoms with Crippen LogP contribution in [-0.4, -0.2) is 4.57 Å². The van der Waals surface area contributed by atoms with Crippen molar-refractivity contribution in [2.45, 2.75) is 0 Å². The highest BCUT2D eigenvalue weighted by Crippen LogP contribution is 2.43. The number of aromatic nitrogens is 1. The lowest BCUT2D eigenvalue weighted by molar-refractivity contribution is 0.674. The van der Waals surface area contributed by atoms with E-state index in [1.54, 1.807) is 0 Å². The van der Waals surface area contributed by atoms with Gasteiger partial charge in [-0.2, -0.15) is 0 Å². The molecule has 0 spiro atoms. The number of furan rings is 1. The minimum Gasteiger partial charge on any atom is -0.455 e. The Kier molecular flexibility index (Phi) is 8.90. The summed E-state index contributed by atoms with van der Waals surface area (Å²) in [5.74, 6) is 0. The standard InChI is InChI=1S/C66H42N2O/c1-3-17-53-43(13-1)27-28-47-29-30-49(42-61(47)53)48-15-11-16-52(41-48)67(51-38-33-46(34-39-51)56-22-12-23-59-60-40-35-44-14-2-4-19-55(44)66(60)69-65(56)59)50-36-31-45(32-37-50)54-18-5-8-24-62(54)68-63-25-9-6-20-57(63)58-21-7-10-26-64(58)68/h1-42H. The Balaban J connectivity index is 0.894. The second-order valence-corrected chi connectivity index (χ2v) is 18.0. The average molecular weight is 879 g/mol. The highest BCUT2D eigenvalue weighted by Gasteiger charge is 2.19. The molecule has 14 rings (SSSR count). The maximum atomic E-state index is 6.78. The van der Waals surface area contributed by atoms with Gasteiger partial charge in [-0.1, -0.05) is 188 Å². The molecule has 0 radical (unpaired) electrons. The van der Waals surface area contributed by atoms with Crippen molar-refractivity contribution in [1.82, 2.24) is 4.57 Å². The topological polar surface area (TPSA) is 21.3 Å². The molecule has 0 fully saturated rings. The van der Waals surface area contributed by atoms with E-state index in [0.29, 0.717) is 0 Å². The molecule has 322 valence electrons. The zero-order valence-corrected chi connectivity index (χ0v) is 37.6. The van der Waals surface area contributed by atoms with E-state index in [4.69, 9.17) is 4.42 Å². The molecule has 0 N–H and O–H groups in total. The van der Waals surface area contributed by atoms with Crippen molar-refractivity contribution in [3.8, 4) is 39.1 Å². The van der Waals surface area contributed by atoms with E-state index in [2.05, 4.69) is 264 Å². The number of benzene rings is 12. The van der Waals surface area contributed by atoms with Crippen LogP contribution in [-0.2, 0) is 0 Å². The third kappa shape index (κ3) is 6.36. The Morgan fingerprint density at radius 1 is 0.275 bits per heavy atom. The molecule has 3 nitrogen and oxygen atoms in total. The Morgan fingerprint density at radius 3 is 1.51 bits per heavy atom. The van der Waals surface area contributed by atoms with Crippen LogP contribution in [0.3, 0.4) is 0 Å². The van der Waals surface area contributed by atoms with E-state index in [1.807, 2.05) is 0 Å². The lowest BCUT2D eigenvalue weighted by Gasteiger charge is -2.26. The first kappa shape index (κ1) is 39.0. The third-order valence-corrected chi connectivity index (χ3v) is 14.2. The predicted molar refractivity (Wildman–Crippen MR) is 292 cm³/mol. The van der Waals surface area contributed by atoms with Gasteiger partial charge in [0.1, 0.15) is 11.2 Å². The number of rotatable bonds is 7. The molecule has 0 amide bonds. The Bertz CT molecular complexity index is 4260. The van der Waals surface area contributed by atoms with E-state index in [1.165, 1.54) is 59.9 Å². The molecule has 0 atom stereocenters. The van der Waals surface area contributed by atoms with Gasteiger partial charge in [0, 0.05) is 55.1 Å². The van der Waals surface area contributed by atoms with Gasteiger partial charge in [0.25, 0.3) is 0 Å². The number of para-hydroxylation sites is 4. The Morgan fingerprint density at radius 2 is 0.768 bits per heavy atom. The van der Waals surface area contributed by atoms with Crippen LogP contribution in [0.15, 0.2) is 259 Å². The van der Waals surface area contributed by atoms with Gasteiger partial charge in [-0.05, 0) is 116 Å². The summed E-state index contributed by atoms with van der Waals surface area (Å²) in [5.41, 5.74) is 15.4. The molecule has 14 aromatic rings. The van der Waals surface area contributed by atoms with Crippen molar-refractivity contribution in [1.29, 1.82) is 0 Å². The first-order valence-electron chi connectivity index (χ1n) is 23.7. The maximum absolute atomic E-state index is 6.78. The molecule has 2 heterocycles. The molecule has 0 bridgehead atoms. The largest absolute Gasteiger partial charge is 0.455 e. The summed E-state index contributed by atoms with van der Waals surface area (Å²) in [6.07, 6.45) is 0. The van der Waals surface area contributed by atoms with Crippen molar-refractivity contribution in [3.05, 3.63) is 255 Å². The van der Waals surface area contributed by atoms with E-state index < -0.39 is 0 Å². The number of fused-ring (bicyclic) bond motifs is 11. The molecular weight excluding hydrogens is 837 g/mol. The van der Waals surface area contributed by atoms with Crippen LogP contribution in [0.2, 0.25) is 0 Å². The van der Waals surface area contributed by atoms with Gasteiger partial charge in [-0.25, -0.2) is 0 Å². The van der Waals surface area contributed by atoms with Crippen LogP contribution in [0.4, 0.5) is 17.1 Å². The first-order valence-corrected chi connectivity index (χ1v) is 23.7. The van der Waals surface area contributed by atoms with Crippen molar-refractivity contribution >= 4 is 93.1 Å². The van der Waals surface area contributed by atoms with E-state index in [-0.39, 0.29) is 0 Å². The molecule has 0 saturated heterocycles. The zero-order valence-electron chi connectivity index (χ0n) is 37.6. The van der Waals surface area contributed by atoms with E-state index in [0.717, 1.165) is 72.3 Å². The van der Waals surface area contributed by atoms with E-state index >= 15 is 0 Å². The lowest BCUT2D eigenvalue weighted by atomic mass is 9.96. The van der Waals surface area contributed by atoms with Gasteiger partial charge in [0.2, 0.25) is 0 Å². The normalized spacial score (nSPS) is 11.8. The van der Waals surface area contributed by atoms with Crippen molar-refractivity contribution < 1.29 is 4.42 Å². The summed E-state index contributed by atoms with van der Waals surface area (Å²) in [5, 5.41) is 12.1. The van der Waals surface area contributed by atoms with Gasteiger partial charge in [0.05, 0.1) is 16.7 Å². The molecule has 0 aliphatic carbocycles. The number of anilines is 3. The quantitative estimate of drug-likeness (QED) is 0.149. The van der Waals surface area contributed by atoms with Gasteiger partial charge in [-0.15, -0.1) is 0 Å². The molecular formula is C66H42N2O. The summed E-state index contributed by atoms with van der Waals surface area (Å²) in [6, 6.07) is 92.5. The van der Waals surface area contributed by atoms with E-state index in [9.17, 15) is 0 Å². The van der Waals surface area contributed by atoms with Crippen LogP contribution in [0, 0.1) is 0 Å². The molecule has 69 heavy (non-hydrogen) atoms. The third-order valence-electron chi connectivity index (χ3n) is 14.2. The van der Waals surface area contributed by atoms with Gasteiger partial charge in [-0.3, -0.25) is 0 Å². The van der Waals surface area contributed by atoms with Crippen LogP contribution in [0.25, 0.3) is 115 Å². The molecule has 0 unspecified atom stereocenters. The summed E-state index contributed by atoms with van der Waals surface area (Å²) in [4.78, 5) is 2.38. The van der Waals surface area contributed by atoms with Crippen molar-refractivity contribution in [3.63, 3.8) is 0 Å². The van der Waals surface area contributed by atoms with Crippen LogP contribution in [0.5, 0.6) is 0 Å². The smallest absolute Gasteiger partial charge is 0.143 e. The van der Waals surface area contributed by atoms with Gasteiger partial charge < -0.3 is 13.9 Å². The van der Waals surface area contributed by atoms with Crippen LogP contribution < -0.4 is 4.90 Å². The number of hydrogen-bond donors (Lipinski definition) is 0. The fourth-order valence-electron chi connectivity index (χ4n) is 10.9. The molecule has 3 heteroatoms. The van der Waals surface area contributed by atoms with Crippen LogP contribution >= 0.6 is 0 Å². The first-order chi connectivity index (χ1) is 34.2. The highest BCUT2D eigenvalue weighted by atomic mass is 16.3. The van der Waals surface area contributed by atoms with Crippen LogP contribution in [0.1, 0.15) is 0 Å². The zero-order chi connectivity index (χ0) is 45.4. The van der Waals surface area contributed by atoms with Gasteiger partial charge in [0.15, 0.2) is 0 Å². The summed E-state index contributed by atoms with van der Waals surface area (Å²) in [7, 11) is 0. The fraction of sp³-hybridized carbons (Fsp3) is 0. The summed E-state index contributed by atoms with van der Waals surface area (Å²) < 4.78 is 9.20. The lowest BCUT2D eigenvalue weighted by Crippen LogP contribution is -2.10. The Labute approximate surface area is 399 Å². The fourth-order valence-corrected chi connectivity index (χ4v) is 10.9. The summed E-state index contributed by atoms with van der Waals surface area (Å²) >= 11 is 0. The minimum absolute atomic E-state index is 0.904. The van der Waals surface area contributed by atoms with Crippen molar-refractivity contribution in [2.75, 3.05) is 4.90 Å². The molecule has 0 saturated carbocycles. The number of nitrogens with zero attached hydrogens (tertiary/aromatic N) is 2. The number of hydrogen-bond acceptors (Lipinski definition) is 2. The average Bonchev–Trinajstić information content (AvgIpc) is 3.98. The summed E-state index contributed by atoms with van der Waals surface area (Å²) in [6.45, 7) is 0. The second-order valence-electron chi connectivity index (χ2n) is 18.0. The molecule has 12 aromatic carbocycles. The maximum Gasteiger partial charge on any atom is 0.143 e.